The van der Waals surface area contributed by atoms with E-state index in [0.717, 1.165) is 5.69 Å². The van der Waals surface area contributed by atoms with Crippen LogP contribution in [0.5, 0.6) is 0 Å². The highest BCUT2D eigenvalue weighted by Gasteiger charge is 2.44. The van der Waals surface area contributed by atoms with Crippen LogP contribution in [0.3, 0.4) is 0 Å². The third-order valence-corrected chi connectivity index (χ3v) is 2.76. The van der Waals surface area contributed by atoms with Crippen LogP contribution in [0, 0.1) is 0 Å². The first-order valence-electron chi connectivity index (χ1n) is 4.76. The smallest absolute Gasteiger partial charge is 0.181 e. The van der Waals surface area contributed by atoms with Crippen LogP contribution in [-0.4, -0.2) is 50.1 Å². The molecule has 0 saturated carbocycles. The summed E-state index contributed by atoms with van der Waals surface area (Å²) in [7, 11) is 0. The first-order chi connectivity index (χ1) is 7.27. The molecule has 1 aromatic rings. The van der Waals surface area contributed by atoms with Crippen molar-refractivity contribution in [1.82, 2.24) is 15.0 Å². The van der Waals surface area contributed by atoms with E-state index in [0.29, 0.717) is 6.61 Å². The molecule has 15 heavy (non-hydrogen) atoms. The van der Waals surface area contributed by atoms with Crippen molar-refractivity contribution < 1.29 is 19.7 Å². The Morgan fingerprint density at radius 2 is 2.27 bits per heavy atom. The molecule has 2 aliphatic heterocycles. The minimum absolute atomic E-state index is 0.0744. The fraction of sp³-hybridized carbons (Fsp3) is 0.750. The number of hydrogen-bond donors (Lipinski definition) is 2. The Morgan fingerprint density at radius 1 is 1.40 bits per heavy atom. The lowest BCUT2D eigenvalue weighted by atomic mass is 10.0. The van der Waals surface area contributed by atoms with Crippen LogP contribution in [0.1, 0.15) is 11.9 Å². The number of aliphatic hydroxyl groups is 2. The second-order valence-electron chi connectivity index (χ2n) is 3.73. The molecule has 0 aromatic carbocycles. The van der Waals surface area contributed by atoms with E-state index in [-0.39, 0.29) is 6.61 Å². The molecule has 0 unspecified atom stereocenters. The topological polar surface area (TPSA) is 89.6 Å². The molecule has 7 heteroatoms. The average molecular weight is 213 g/mol. The zero-order chi connectivity index (χ0) is 10.4. The molecule has 2 aliphatic rings. The molecule has 0 bridgehead atoms. The van der Waals surface area contributed by atoms with E-state index in [1.165, 1.54) is 0 Å². The molecule has 0 radical (unpaired) electrons. The maximum absolute atomic E-state index is 9.72. The van der Waals surface area contributed by atoms with Gasteiger partial charge in [0.2, 0.25) is 0 Å². The van der Waals surface area contributed by atoms with Crippen molar-refractivity contribution in [1.29, 1.82) is 0 Å². The Hall–Kier alpha value is -1.02. The molecular formula is C8H11N3O4. The number of hydrogen-bond acceptors (Lipinski definition) is 6. The van der Waals surface area contributed by atoms with Gasteiger partial charge in [0.15, 0.2) is 6.23 Å². The standard InChI is InChI=1S/C8H11N3O4/c12-5-3-15-8-7(6(5)13)14-2-4-1-9-10-11(4)8/h1,5-8,12-13H,2-3H2/t5-,6+,7-,8-/m1/s1. The molecule has 3 rings (SSSR count). The second kappa shape index (κ2) is 3.24. The highest BCUT2D eigenvalue weighted by atomic mass is 16.6. The Balaban J connectivity index is 1.94. The van der Waals surface area contributed by atoms with Gasteiger partial charge in [-0.1, -0.05) is 5.21 Å². The number of nitrogens with zero attached hydrogens (tertiary/aromatic N) is 3. The number of aromatic nitrogens is 3. The summed E-state index contributed by atoms with van der Waals surface area (Å²) >= 11 is 0. The van der Waals surface area contributed by atoms with Crippen molar-refractivity contribution in [2.75, 3.05) is 6.61 Å². The lowest BCUT2D eigenvalue weighted by molar-refractivity contribution is -0.246. The molecule has 0 spiro atoms. The van der Waals surface area contributed by atoms with Crippen LogP contribution in [0.15, 0.2) is 6.20 Å². The predicted octanol–water partition coefficient (Wildman–Crippen LogP) is -1.57. The maximum atomic E-state index is 9.72. The summed E-state index contributed by atoms with van der Waals surface area (Å²) in [6.45, 7) is 0.395. The van der Waals surface area contributed by atoms with E-state index < -0.39 is 24.5 Å². The average Bonchev–Trinajstić information content (AvgIpc) is 2.71. The molecular weight excluding hydrogens is 202 g/mol. The number of rotatable bonds is 0. The Bertz CT molecular complexity index is 369. The van der Waals surface area contributed by atoms with Crippen LogP contribution < -0.4 is 0 Å². The fourth-order valence-corrected chi connectivity index (χ4v) is 1.93. The van der Waals surface area contributed by atoms with Crippen LogP contribution in [0.25, 0.3) is 0 Å². The first kappa shape index (κ1) is 9.22. The molecule has 1 saturated heterocycles. The van der Waals surface area contributed by atoms with Crippen molar-refractivity contribution in [2.45, 2.75) is 31.1 Å². The summed E-state index contributed by atoms with van der Waals surface area (Å²) in [6, 6.07) is 0. The van der Waals surface area contributed by atoms with E-state index in [1.54, 1.807) is 10.9 Å². The van der Waals surface area contributed by atoms with Gasteiger partial charge in [-0.2, -0.15) is 0 Å². The van der Waals surface area contributed by atoms with E-state index in [1.807, 2.05) is 0 Å². The third kappa shape index (κ3) is 1.28. The summed E-state index contributed by atoms with van der Waals surface area (Å²) in [5, 5.41) is 26.8. The monoisotopic (exact) mass is 213 g/mol. The van der Waals surface area contributed by atoms with Gasteiger partial charge in [0.1, 0.15) is 18.3 Å². The maximum Gasteiger partial charge on any atom is 0.181 e. The van der Waals surface area contributed by atoms with E-state index in [9.17, 15) is 10.2 Å². The van der Waals surface area contributed by atoms with Crippen LogP contribution in [0.4, 0.5) is 0 Å². The molecule has 1 fully saturated rings. The minimum atomic E-state index is -0.943. The Kier molecular flexibility index (Phi) is 1.99. The lowest BCUT2D eigenvalue weighted by Crippen LogP contribution is -2.53. The summed E-state index contributed by atoms with van der Waals surface area (Å²) in [6.07, 6.45) is -1.33. The predicted molar refractivity (Wildman–Crippen MR) is 45.6 cm³/mol. The van der Waals surface area contributed by atoms with Crippen molar-refractivity contribution in [3.05, 3.63) is 11.9 Å². The molecule has 3 heterocycles. The second-order valence-corrected chi connectivity index (χ2v) is 3.73. The molecule has 2 N–H and O–H groups in total. The van der Waals surface area contributed by atoms with Crippen molar-refractivity contribution >= 4 is 0 Å². The lowest BCUT2D eigenvalue weighted by Gasteiger charge is -2.40. The highest BCUT2D eigenvalue weighted by Crippen LogP contribution is 2.31. The highest BCUT2D eigenvalue weighted by molar-refractivity contribution is 5.00. The minimum Gasteiger partial charge on any atom is -0.388 e. The number of fused-ring (bicyclic) bond motifs is 3. The molecule has 0 amide bonds. The van der Waals surface area contributed by atoms with Crippen molar-refractivity contribution in [3.63, 3.8) is 0 Å². The van der Waals surface area contributed by atoms with Gasteiger partial charge in [0.25, 0.3) is 0 Å². The Morgan fingerprint density at radius 3 is 3.13 bits per heavy atom. The molecule has 82 valence electrons. The van der Waals surface area contributed by atoms with Crippen LogP contribution in [0.2, 0.25) is 0 Å². The van der Waals surface area contributed by atoms with Gasteiger partial charge < -0.3 is 19.7 Å². The van der Waals surface area contributed by atoms with Gasteiger partial charge in [-0.05, 0) is 0 Å². The van der Waals surface area contributed by atoms with Gasteiger partial charge in [-0.3, -0.25) is 0 Å². The summed E-state index contributed by atoms with van der Waals surface area (Å²) in [5.74, 6) is 0. The van der Waals surface area contributed by atoms with E-state index >= 15 is 0 Å². The number of aliphatic hydroxyl groups excluding tert-OH is 2. The van der Waals surface area contributed by atoms with Crippen LogP contribution >= 0.6 is 0 Å². The van der Waals surface area contributed by atoms with Gasteiger partial charge in [-0.15, -0.1) is 5.10 Å². The van der Waals surface area contributed by atoms with Crippen molar-refractivity contribution in [2.24, 2.45) is 0 Å². The normalized spacial score (nSPS) is 39.6. The quantitative estimate of drug-likeness (QED) is 0.541. The third-order valence-electron chi connectivity index (χ3n) is 2.76. The van der Waals surface area contributed by atoms with Gasteiger partial charge in [0, 0.05) is 0 Å². The van der Waals surface area contributed by atoms with Gasteiger partial charge >= 0.3 is 0 Å². The molecule has 0 aliphatic carbocycles. The van der Waals surface area contributed by atoms with E-state index in [2.05, 4.69) is 10.3 Å². The van der Waals surface area contributed by atoms with Gasteiger partial charge in [-0.25, -0.2) is 4.68 Å². The summed E-state index contributed by atoms with van der Waals surface area (Å²) in [4.78, 5) is 0. The fourth-order valence-electron chi connectivity index (χ4n) is 1.93. The van der Waals surface area contributed by atoms with Crippen molar-refractivity contribution in [3.8, 4) is 0 Å². The molecule has 4 atom stereocenters. The summed E-state index contributed by atoms with van der Waals surface area (Å²) in [5.41, 5.74) is 0.805. The SMILES string of the molecule is O[C@@H]1[C@H]2OCc3cnnn3[C@@H]2OC[C@H]1O. The van der Waals surface area contributed by atoms with Crippen LogP contribution in [-0.2, 0) is 16.1 Å². The summed E-state index contributed by atoms with van der Waals surface area (Å²) < 4.78 is 12.4. The molecule has 1 aromatic heterocycles. The van der Waals surface area contributed by atoms with E-state index in [4.69, 9.17) is 9.47 Å². The molecule has 7 nitrogen and oxygen atoms in total. The zero-order valence-electron chi connectivity index (χ0n) is 7.85. The first-order valence-corrected chi connectivity index (χ1v) is 4.76. The van der Waals surface area contributed by atoms with Gasteiger partial charge in [0.05, 0.1) is 25.1 Å². The largest absolute Gasteiger partial charge is 0.388 e. The zero-order valence-corrected chi connectivity index (χ0v) is 7.85. The Labute approximate surface area is 85.2 Å². The number of ether oxygens (including phenoxy) is 2.